The largest absolute Gasteiger partial charge is 0.414 e. The second kappa shape index (κ2) is 11.3. The highest BCUT2D eigenvalue weighted by Gasteiger charge is 2.51. The van der Waals surface area contributed by atoms with E-state index in [1.807, 2.05) is 0 Å². The van der Waals surface area contributed by atoms with Crippen LogP contribution in [-0.4, -0.2) is 46.5 Å². The third-order valence-corrected chi connectivity index (χ3v) is 16.8. The van der Waals surface area contributed by atoms with Gasteiger partial charge in [-0.05, 0) is 44.3 Å². The summed E-state index contributed by atoms with van der Waals surface area (Å²) in [5.74, 6) is 0. The lowest BCUT2D eigenvalue weighted by atomic mass is 10.0. The Bertz CT molecular complexity index is 387. The Labute approximate surface area is 166 Å². The molecule has 0 heterocycles. The fourth-order valence-electron chi connectivity index (χ4n) is 3.89. The summed E-state index contributed by atoms with van der Waals surface area (Å²) in [6, 6.07) is 1.36. The first-order chi connectivity index (χ1) is 11.9. The average molecular weight is 405 g/mol. The number of hydrogen-bond acceptors (Lipinski definition) is 3. The maximum Gasteiger partial charge on any atom is 0.192 e. The average Bonchev–Trinajstić information content (AvgIpc) is 2.58. The summed E-state index contributed by atoms with van der Waals surface area (Å²) < 4.78 is 12.7. The molecule has 0 amide bonds. The van der Waals surface area contributed by atoms with Crippen LogP contribution in [0.4, 0.5) is 0 Å². The molecule has 0 spiro atoms. The smallest absolute Gasteiger partial charge is 0.192 e. The minimum absolute atomic E-state index is 0.0573. The molecule has 0 fully saturated rings. The first-order valence-corrected chi connectivity index (χ1v) is 17.0. The number of unbranched alkanes of at least 4 members (excludes halogenated alkanes) is 1. The number of rotatable bonds is 15. The van der Waals surface area contributed by atoms with E-state index < -0.39 is 16.4 Å². The van der Waals surface area contributed by atoms with Crippen LogP contribution in [0.3, 0.4) is 0 Å². The standard InChI is InChI=1S/C21H48O3Si2/c1-10-13-19-25(6,7)21(5,12-3)24-26(8,9)20(4,11-2)15-14-17-23-18-16-22/h22H,10-19H2,1-9H3/t20-,21?/m0/s1. The molecule has 0 aromatic rings. The molecule has 0 aromatic heterocycles. The van der Waals surface area contributed by atoms with Gasteiger partial charge in [-0.25, -0.2) is 0 Å². The Morgan fingerprint density at radius 2 is 1.50 bits per heavy atom. The minimum atomic E-state index is -1.90. The maximum atomic E-state index is 8.86. The molecule has 0 aromatic carbocycles. The van der Waals surface area contributed by atoms with Crippen molar-refractivity contribution < 1.29 is 14.3 Å². The normalized spacial score (nSPS) is 17.8. The first kappa shape index (κ1) is 26.3. The van der Waals surface area contributed by atoms with Crippen molar-refractivity contribution in [3.05, 3.63) is 0 Å². The van der Waals surface area contributed by atoms with Gasteiger partial charge in [0.05, 0.1) is 21.3 Å². The molecule has 0 saturated carbocycles. The van der Waals surface area contributed by atoms with Gasteiger partial charge in [-0.3, -0.25) is 0 Å². The highest BCUT2D eigenvalue weighted by atomic mass is 28.4. The molecule has 26 heavy (non-hydrogen) atoms. The van der Waals surface area contributed by atoms with Gasteiger partial charge in [0, 0.05) is 11.8 Å². The van der Waals surface area contributed by atoms with Crippen LogP contribution in [-0.2, 0) is 9.16 Å². The van der Waals surface area contributed by atoms with Crippen LogP contribution in [0.2, 0.25) is 37.3 Å². The highest BCUT2D eigenvalue weighted by Crippen LogP contribution is 2.49. The molecule has 0 saturated heterocycles. The first-order valence-electron chi connectivity index (χ1n) is 10.8. The summed E-state index contributed by atoms with van der Waals surface area (Å²) in [6.07, 6.45) is 7.06. The van der Waals surface area contributed by atoms with Gasteiger partial charge in [0.25, 0.3) is 0 Å². The fraction of sp³-hybridized carbons (Fsp3) is 1.00. The number of aliphatic hydroxyl groups is 1. The molecule has 0 aliphatic heterocycles. The van der Waals surface area contributed by atoms with Crippen molar-refractivity contribution in [1.29, 1.82) is 0 Å². The van der Waals surface area contributed by atoms with E-state index in [1.54, 1.807) is 0 Å². The molecular weight excluding hydrogens is 356 g/mol. The Balaban J connectivity index is 5.21. The van der Waals surface area contributed by atoms with Gasteiger partial charge in [-0.1, -0.05) is 66.1 Å². The van der Waals surface area contributed by atoms with Crippen molar-refractivity contribution in [3.8, 4) is 0 Å². The minimum Gasteiger partial charge on any atom is -0.414 e. The molecule has 1 unspecified atom stereocenters. The van der Waals surface area contributed by atoms with Gasteiger partial charge in [0.1, 0.15) is 0 Å². The van der Waals surface area contributed by atoms with Gasteiger partial charge < -0.3 is 14.3 Å². The summed E-state index contributed by atoms with van der Waals surface area (Å²) in [4.78, 5) is 0. The molecular formula is C21H48O3Si2. The van der Waals surface area contributed by atoms with E-state index in [2.05, 4.69) is 60.8 Å². The van der Waals surface area contributed by atoms with Gasteiger partial charge >= 0.3 is 0 Å². The van der Waals surface area contributed by atoms with Crippen LogP contribution in [0.5, 0.6) is 0 Å². The van der Waals surface area contributed by atoms with E-state index in [1.165, 1.54) is 18.9 Å². The molecule has 0 aliphatic rings. The third-order valence-electron chi connectivity index (χ3n) is 7.23. The van der Waals surface area contributed by atoms with E-state index in [9.17, 15) is 0 Å². The summed E-state index contributed by atoms with van der Waals surface area (Å²) in [7, 11) is -3.37. The van der Waals surface area contributed by atoms with Crippen LogP contribution in [0.15, 0.2) is 0 Å². The molecule has 0 bridgehead atoms. The van der Waals surface area contributed by atoms with Crippen LogP contribution >= 0.6 is 0 Å². The Morgan fingerprint density at radius 1 is 0.885 bits per heavy atom. The lowest BCUT2D eigenvalue weighted by Gasteiger charge is -2.52. The van der Waals surface area contributed by atoms with Gasteiger partial charge in [-0.2, -0.15) is 0 Å². The lowest BCUT2D eigenvalue weighted by molar-refractivity contribution is 0.0860. The summed E-state index contributed by atoms with van der Waals surface area (Å²) in [5.41, 5.74) is 0. The van der Waals surface area contributed by atoms with E-state index >= 15 is 0 Å². The number of aliphatic hydroxyl groups excluding tert-OH is 1. The molecule has 0 aliphatic carbocycles. The molecule has 2 atom stereocenters. The molecule has 158 valence electrons. The third kappa shape index (κ3) is 7.04. The van der Waals surface area contributed by atoms with Crippen molar-refractivity contribution in [2.24, 2.45) is 0 Å². The molecule has 0 radical (unpaired) electrons. The predicted molar refractivity (Wildman–Crippen MR) is 120 cm³/mol. The van der Waals surface area contributed by atoms with Crippen molar-refractivity contribution in [3.63, 3.8) is 0 Å². The zero-order valence-electron chi connectivity index (χ0n) is 19.3. The Hall–Kier alpha value is 0.314. The van der Waals surface area contributed by atoms with Crippen molar-refractivity contribution in [2.75, 3.05) is 19.8 Å². The molecule has 3 nitrogen and oxygen atoms in total. The van der Waals surface area contributed by atoms with E-state index in [4.69, 9.17) is 14.3 Å². The van der Waals surface area contributed by atoms with Crippen molar-refractivity contribution in [1.82, 2.24) is 0 Å². The van der Waals surface area contributed by atoms with E-state index in [-0.39, 0.29) is 16.9 Å². The van der Waals surface area contributed by atoms with Gasteiger partial charge in [0.15, 0.2) is 8.32 Å². The Morgan fingerprint density at radius 3 is 1.96 bits per heavy atom. The lowest BCUT2D eigenvalue weighted by Crippen LogP contribution is -2.60. The monoisotopic (exact) mass is 404 g/mol. The molecule has 0 rings (SSSR count). The molecule has 1 N–H and O–H groups in total. The summed E-state index contributed by atoms with van der Waals surface area (Å²) in [5, 5.41) is 9.17. The van der Waals surface area contributed by atoms with Crippen LogP contribution in [0.1, 0.15) is 73.1 Å². The van der Waals surface area contributed by atoms with E-state index in [0.717, 1.165) is 32.3 Å². The van der Waals surface area contributed by atoms with Gasteiger partial charge in [0.2, 0.25) is 0 Å². The zero-order valence-corrected chi connectivity index (χ0v) is 21.3. The van der Waals surface area contributed by atoms with Crippen LogP contribution in [0, 0.1) is 0 Å². The van der Waals surface area contributed by atoms with Crippen LogP contribution < -0.4 is 0 Å². The predicted octanol–water partition coefficient (Wildman–Crippen LogP) is 6.38. The Kier molecular flexibility index (Phi) is 11.5. The van der Waals surface area contributed by atoms with E-state index in [0.29, 0.717) is 6.61 Å². The van der Waals surface area contributed by atoms with Crippen molar-refractivity contribution >= 4 is 16.4 Å². The summed E-state index contributed by atoms with van der Waals surface area (Å²) >= 11 is 0. The van der Waals surface area contributed by atoms with Gasteiger partial charge in [-0.15, -0.1) is 0 Å². The second-order valence-electron chi connectivity index (χ2n) is 9.54. The quantitative estimate of drug-likeness (QED) is 0.254. The summed E-state index contributed by atoms with van der Waals surface area (Å²) in [6.45, 7) is 23.0. The number of hydrogen-bond donors (Lipinski definition) is 1. The van der Waals surface area contributed by atoms with Crippen molar-refractivity contribution in [2.45, 2.75) is 116 Å². The SMILES string of the molecule is CCCC[Si](C)(C)C(C)(CC)O[Si](C)(C)[C@@](C)(CC)CCCOCCO. The zero-order chi connectivity index (χ0) is 20.5. The second-order valence-corrected chi connectivity index (χ2v) is 19.3. The molecule has 5 heteroatoms. The highest BCUT2D eigenvalue weighted by molar-refractivity contribution is 6.82. The van der Waals surface area contributed by atoms with Crippen LogP contribution in [0.25, 0.3) is 0 Å². The topological polar surface area (TPSA) is 38.7 Å². The fourth-order valence-corrected chi connectivity index (χ4v) is 11.6. The number of ether oxygens (including phenoxy) is 1. The maximum absolute atomic E-state index is 8.86.